The summed E-state index contributed by atoms with van der Waals surface area (Å²) in [5.74, 6) is 17.7. The van der Waals surface area contributed by atoms with Crippen LogP contribution in [0.1, 0.15) is 29.2 Å². The third-order valence-electron chi connectivity index (χ3n) is 4.00. The highest BCUT2D eigenvalue weighted by molar-refractivity contribution is 6.30. The molecule has 3 aromatic rings. The van der Waals surface area contributed by atoms with Crippen molar-refractivity contribution in [2.45, 2.75) is 12.5 Å². The van der Waals surface area contributed by atoms with Gasteiger partial charge in [-0.1, -0.05) is 71.3 Å². The zero-order chi connectivity index (χ0) is 20.7. The van der Waals surface area contributed by atoms with Crippen LogP contribution in [-0.2, 0) is 5.60 Å². The molecule has 29 heavy (non-hydrogen) atoms. The van der Waals surface area contributed by atoms with E-state index in [9.17, 15) is 5.11 Å². The quantitative estimate of drug-likeness (QED) is 0.509. The Morgan fingerprint density at radius 1 is 0.724 bits per heavy atom. The van der Waals surface area contributed by atoms with Gasteiger partial charge in [-0.15, -0.1) is 5.92 Å². The standard InChI is InChI=1S/C26H16Cl2O/c1-2-7-22-10-3-4-13-25(22)26(29,16-14-20-8-5-11-23(27)18-20)17-15-21-9-6-12-24(28)19-21/h3-6,8-13,18-19,29H,1H3. The monoisotopic (exact) mass is 414 g/mol. The molecule has 0 saturated carbocycles. The topological polar surface area (TPSA) is 20.2 Å². The molecule has 0 unspecified atom stereocenters. The first-order valence-electron chi connectivity index (χ1n) is 8.82. The zero-order valence-electron chi connectivity index (χ0n) is 15.6. The van der Waals surface area contributed by atoms with Crippen LogP contribution in [0.4, 0.5) is 0 Å². The Labute approximate surface area is 181 Å². The molecule has 0 aromatic heterocycles. The molecular weight excluding hydrogens is 399 g/mol. The van der Waals surface area contributed by atoms with Gasteiger partial charge in [0, 0.05) is 32.3 Å². The smallest absolute Gasteiger partial charge is 0.215 e. The third kappa shape index (κ3) is 5.45. The van der Waals surface area contributed by atoms with Crippen LogP contribution in [0, 0.1) is 35.5 Å². The summed E-state index contributed by atoms with van der Waals surface area (Å²) in [5, 5.41) is 12.6. The molecule has 3 heteroatoms. The molecule has 0 amide bonds. The van der Waals surface area contributed by atoms with Gasteiger partial charge in [0.05, 0.1) is 0 Å². The molecule has 0 radical (unpaired) electrons. The molecule has 0 fully saturated rings. The Morgan fingerprint density at radius 3 is 1.79 bits per heavy atom. The highest BCUT2D eigenvalue weighted by Crippen LogP contribution is 2.24. The van der Waals surface area contributed by atoms with Crippen LogP contribution in [0.5, 0.6) is 0 Å². The van der Waals surface area contributed by atoms with Crippen molar-refractivity contribution in [1.29, 1.82) is 0 Å². The van der Waals surface area contributed by atoms with Crippen molar-refractivity contribution in [2.75, 3.05) is 0 Å². The van der Waals surface area contributed by atoms with Crippen LogP contribution in [0.15, 0.2) is 72.8 Å². The van der Waals surface area contributed by atoms with E-state index < -0.39 is 5.60 Å². The molecule has 1 nitrogen and oxygen atoms in total. The number of benzene rings is 3. The van der Waals surface area contributed by atoms with Crippen LogP contribution in [0.25, 0.3) is 0 Å². The maximum Gasteiger partial charge on any atom is 0.215 e. The van der Waals surface area contributed by atoms with Gasteiger partial charge in [-0.3, -0.25) is 0 Å². The SMILES string of the molecule is CC#Cc1ccccc1C(O)(C#Cc1cccc(Cl)c1)C#Cc1cccc(Cl)c1. The van der Waals surface area contributed by atoms with Gasteiger partial charge < -0.3 is 5.11 Å². The van der Waals surface area contributed by atoms with Crippen LogP contribution >= 0.6 is 23.2 Å². The van der Waals surface area contributed by atoms with Crippen molar-refractivity contribution >= 4 is 23.2 Å². The van der Waals surface area contributed by atoms with Crippen molar-refractivity contribution in [3.05, 3.63) is 105 Å². The largest absolute Gasteiger partial charge is 0.363 e. The lowest BCUT2D eigenvalue weighted by Crippen LogP contribution is -2.23. The fraction of sp³-hybridized carbons (Fsp3) is 0.0769. The second kappa shape index (κ2) is 9.39. The highest BCUT2D eigenvalue weighted by atomic mass is 35.5. The van der Waals surface area contributed by atoms with E-state index in [1.165, 1.54) is 0 Å². The van der Waals surface area contributed by atoms with Gasteiger partial charge in [0.15, 0.2) is 0 Å². The lowest BCUT2D eigenvalue weighted by Gasteiger charge is -2.18. The molecule has 0 atom stereocenters. The van der Waals surface area contributed by atoms with E-state index in [-0.39, 0.29) is 0 Å². The number of hydrogen-bond acceptors (Lipinski definition) is 1. The maximum absolute atomic E-state index is 11.5. The normalized spacial score (nSPS) is 9.93. The van der Waals surface area contributed by atoms with E-state index >= 15 is 0 Å². The molecule has 0 spiro atoms. The van der Waals surface area contributed by atoms with Gasteiger partial charge in [0.25, 0.3) is 0 Å². The van der Waals surface area contributed by atoms with Crippen molar-refractivity contribution in [3.63, 3.8) is 0 Å². The van der Waals surface area contributed by atoms with Gasteiger partial charge in [-0.2, -0.15) is 0 Å². The molecule has 0 heterocycles. The number of halogens is 2. The van der Waals surface area contributed by atoms with E-state index in [0.717, 1.165) is 0 Å². The summed E-state index contributed by atoms with van der Waals surface area (Å²) in [4.78, 5) is 0. The van der Waals surface area contributed by atoms with Crippen LogP contribution in [0.2, 0.25) is 10.0 Å². The van der Waals surface area contributed by atoms with Gasteiger partial charge in [0.1, 0.15) is 0 Å². The van der Waals surface area contributed by atoms with Gasteiger partial charge in [-0.25, -0.2) is 0 Å². The third-order valence-corrected chi connectivity index (χ3v) is 4.47. The van der Waals surface area contributed by atoms with E-state index in [4.69, 9.17) is 23.2 Å². The summed E-state index contributed by atoms with van der Waals surface area (Å²) in [6, 6.07) is 21.5. The first-order chi connectivity index (χ1) is 14.0. The minimum atomic E-state index is -1.73. The average molecular weight is 415 g/mol. The van der Waals surface area contributed by atoms with E-state index in [1.54, 1.807) is 49.4 Å². The number of rotatable bonds is 1. The summed E-state index contributed by atoms with van der Waals surface area (Å²) in [6.45, 7) is 1.74. The fourth-order valence-electron chi connectivity index (χ4n) is 2.67. The molecule has 3 aromatic carbocycles. The second-order valence-electron chi connectivity index (χ2n) is 6.15. The van der Waals surface area contributed by atoms with Crippen molar-refractivity contribution in [1.82, 2.24) is 0 Å². The molecular formula is C26H16Cl2O. The molecule has 1 N–H and O–H groups in total. The van der Waals surface area contributed by atoms with Crippen LogP contribution in [0.3, 0.4) is 0 Å². The Balaban J connectivity index is 2.15. The fourth-order valence-corrected chi connectivity index (χ4v) is 3.05. The zero-order valence-corrected chi connectivity index (χ0v) is 17.1. The molecule has 0 aliphatic heterocycles. The minimum Gasteiger partial charge on any atom is -0.363 e. The van der Waals surface area contributed by atoms with Gasteiger partial charge in [-0.05, 0) is 61.2 Å². The minimum absolute atomic E-state index is 0.526. The molecule has 0 aliphatic rings. The molecule has 0 bridgehead atoms. The van der Waals surface area contributed by atoms with Gasteiger partial charge in [0.2, 0.25) is 5.60 Å². The lowest BCUT2D eigenvalue weighted by atomic mass is 9.90. The number of hydrogen-bond donors (Lipinski definition) is 1. The predicted molar refractivity (Wildman–Crippen MR) is 120 cm³/mol. The first-order valence-corrected chi connectivity index (χ1v) is 9.58. The summed E-state index contributed by atoms with van der Waals surface area (Å²) in [6.07, 6.45) is 0. The van der Waals surface area contributed by atoms with E-state index in [1.807, 2.05) is 30.3 Å². The molecule has 3 rings (SSSR count). The van der Waals surface area contributed by atoms with E-state index in [2.05, 4.69) is 35.5 Å². The Morgan fingerprint density at radius 2 is 1.28 bits per heavy atom. The first kappa shape index (κ1) is 20.6. The number of aliphatic hydroxyl groups is 1. The summed E-state index contributed by atoms with van der Waals surface area (Å²) < 4.78 is 0. The predicted octanol–water partition coefficient (Wildman–Crippen LogP) is 5.66. The average Bonchev–Trinajstić information content (AvgIpc) is 2.72. The Hall–Kier alpha value is -3.12. The molecule has 140 valence electrons. The van der Waals surface area contributed by atoms with Crippen LogP contribution < -0.4 is 0 Å². The lowest BCUT2D eigenvalue weighted by molar-refractivity contribution is 0.164. The van der Waals surface area contributed by atoms with Crippen LogP contribution in [-0.4, -0.2) is 5.11 Å². The highest BCUT2D eigenvalue weighted by Gasteiger charge is 2.27. The van der Waals surface area contributed by atoms with Gasteiger partial charge >= 0.3 is 0 Å². The van der Waals surface area contributed by atoms with Crippen molar-refractivity contribution < 1.29 is 5.11 Å². The summed E-state index contributed by atoms with van der Waals surface area (Å²) >= 11 is 12.1. The maximum atomic E-state index is 11.5. The Kier molecular flexibility index (Phi) is 6.67. The second-order valence-corrected chi connectivity index (χ2v) is 7.02. The summed E-state index contributed by atoms with van der Waals surface area (Å²) in [7, 11) is 0. The van der Waals surface area contributed by atoms with Crippen molar-refractivity contribution in [2.24, 2.45) is 0 Å². The van der Waals surface area contributed by atoms with Crippen molar-refractivity contribution in [3.8, 4) is 35.5 Å². The Bertz CT molecular complexity index is 1160. The molecule has 0 aliphatic carbocycles. The molecule has 0 saturated heterocycles. The van der Waals surface area contributed by atoms with E-state index in [0.29, 0.717) is 32.3 Å². The summed E-state index contributed by atoms with van der Waals surface area (Å²) in [5.41, 5.74) is 0.821.